The molecular formula is C38H41N7O3S. The first-order valence-electron chi connectivity index (χ1n) is 16.8. The van der Waals surface area contributed by atoms with Gasteiger partial charge in [0, 0.05) is 42.0 Å². The molecule has 0 spiro atoms. The smallest absolute Gasteiger partial charge is 0.305 e. The highest BCUT2D eigenvalue weighted by atomic mass is 32.1. The summed E-state index contributed by atoms with van der Waals surface area (Å²) < 4.78 is 2.97. The maximum atomic E-state index is 14.3. The number of aliphatic imine (C=N–C) groups is 1. The van der Waals surface area contributed by atoms with E-state index < -0.39 is 5.69 Å². The van der Waals surface area contributed by atoms with E-state index in [0.717, 1.165) is 23.6 Å². The molecule has 49 heavy (non-hydrogen) atoms. The number of hydrogen-bond donors (Lipinski definition) is 2. The number of nitrogens with one attached hydrogen (secondary N) is 2. The van der Waals surface area contributed by atoms with Gasteiger partial charge in [-0.1, -0.05) is 45.1 Å². The van der Waals surface area contributed by atoms with Crippen molar-refractivity contribution in [3.63, 3.8) is 0 Å². The summed E-state index contributed by atoms with van der Waals surface area (Å²) in [5, 5.41) is 12.4. The molecule has 3 heterocycles. The summed E-state index contributed by atoms with van der Waals surface area (Å²) in [5.41, 5.74) is 2.27. The Morgan fingerprint density at radius 1 is 1.14 bits per heavy atom. The van der Waals surface area contributed by atoms with Crippen LogP contribution in [0.1, 0.15) is 79.7 Å². The fourth-order valence-corrected chi connectivity index (χ4v) is 6.57. The number of nitrogens with zero attached hydrogens (tertiary/aromatic N) is 5. The fourth-order valence-electron chi connectivity index (χ4n) is 5.91. The molecule has 10 nitrogen and oxygen atoms in total. The number of amides is 2. The Bertz CT molecular complexity index is 2040. The van der Waals surface area contributed by atoms with Gasteiger partial charge in [-0.3, -0.25) is 19.5 Å². The molecule has 2 aromatic carbocycles. The predicted octanol–water partition coefficient (Wildman–Crippen LogP) is 7.33. The van der Waals surface area contributed by atoms with E-state index in [0.29, 0.717) is 63.7 Å². The quantitative estimate of drug-likeness (QED) is 0.171. The van der Waals surface area contributed by atoms with Gasteiger partial charge in [-0.25, -0.2) is 19.3 Å². The Hall–Kier alpha value is -5.08. The molecule has 4 aromatic rings. The van der Waals surface area contributed by atoms with E-state index in [1.165, 1.54) is 44.6 Å². The predicted molar refractivity (Wildman–Crippen MR) is 196 cm³/mol. The lowest BCUT2D eigenvalue weighted by Gasteiger charge is -2.15. The van der Waals surface area contributed by atoms with E-state index in [1.54, 1.807) is 61.8 Å². The summed E-state index contributed by atoms with van der Waals surface area (Å²) >= 11 is 1.39. The van der Waals surface area contributed by atoms with Crippen LogP contribution in [0.25, 0.3) is 11.4 Å². The maximum Gasteiger partial charge on any atom is 0.339 e. The van der Waals surface area contributed by atoms with Gasteiger partial charge in [-0.2, -0.15) is 0 Å². The molecule has 11 heteroatoms. The van der Waals surface area contributed by atoms with Gasteiger partial charge in [0.2, 0.25) is 0 Å². The minimum Gasteiger partial charge on any atom is -0.305 e. The molecule has 1 fully saturated rings. The van der Waals surface area contributed by atoms with Crippen molar-refractivity contribution >= 4 is 51.7 Å². The van der Waals surface area contributed by atoms with Gasteiger partial charge in [-0.05, 0) is 92.3 Å². The van der Waals surface area contributed by atoms with E-state index in [-0.39, 0.29) is 17.7 Å². The Morgan fingerprint density at radius 2 is 1.92 bits per heavy atom. The Balaban J connectivity index is 1.31. The molecule has 2 atom stereocenters. The van der Waals surface area contributed by atoms with Gasteiger partial charge >= 0.3 is 11.6 Å². The van der Waals surface area contributed by atoms with Crippen LogP contribution >= 0.6 is 11.3 Å². The minimum absolute atomic E-state index is 0.0440. The molecule has 2 aliphatic rings. The topological polar surface area (TPSA) is 125 Å². The molecule has 0 saturated heterocycles. The minimum atomic E-state index is -0.414. The van der Waals surface area contributed by atoms with Gasteiger partial charge < -0.3 is 10.3 Å². The number of thiazole rings is 1. The zero-order chi connectivity index (χ0) is 34.7. The first-order chi connectivity index (χ1) is 23.6. The van der Waals surface area contributed by atoms with Crippen molar-refractivity contribution in [2.24, 2.45) is 22.7 Å². The molecule has 6 rings (SSSR count). The lowest BCUT2D eigenvalue weighted by molar-refractivity contribution is -0.113. The lowest BCUT2D eigenvalue weighted by Crippen LogP contribution is -2.26. The van der Waals surface area contributed by atoms with E-state index in [9.17, 15) is 14.4 Å². The largest absolute Gasteiger partial charge is 0.339 e. The molecule has 2 N–H and O–H groups in total. The van der Waals surface area contributed by atoms with Crippen LogP contribution in [-0.4, -0.2) is 44.9 Å². The number of carbonyl (C=O) groups excluding carboxylic acids is 2. The molecule has 1 saturated carbocycles. The van der Waals surface area contributed by atoms with Crippen molar-refractivity contribution in [2.45, 2.75) is 65.7 Å². The Labute approximate surface area is 290 Å². The second-order valence-corrected chi connectivity index (χ2v) is 14.3. The number of carbonyl (C=O) groups is 2. The summed E-state index contributed by atoms with van der Waals surface area (Å²) in [6.45, 7) is 6.15. The summed E-state index contributed by atoms with van der Waals surface area (Å²) in [4.78, 5) is 51.7. The SMILES string of the molecule is CCC1C=Nc2c(n(-c3ccc(C(=O)Nc4ncc(C)s4)cc3)c(=O)n2-c2cccc(N(C)C(=O)C#CCC(C)CCC3CC3)c2)C(=N)C1. The van der Waals surface area contributed by atoms with Crippen molar-refractivity contribution in [2.75, 3.05) is 17.3 Å². The Morgan fingerprint density at radius 3 is 2.61 bits per heavy atom. The van der Waals surface area contributed by atoms with Crippen LogP contribution in [0, 0.1) is 41.9 Å². The molecule has 2 unspecified atom stereocenters. The van der Waals surface area contributed by atoms with Gasteiger partial charge in [-0.15, -0.1) is 11.3 Å². The summed E-state index contributed by atoms with van der Waals surface area (Å²) in [7, 11) is 1.67. The highest BCUT2D eigenvalue weighted by molar-refractivity contribution is 7.15. The zero-order valence-corrected chi connectivity index (χ0v) is 29.1. The second kappa shape index (κ2) is 14.6. The van der Waals surface area contributed by atoms with Crippen LogP contribution in [0.15, 0.2) is 64.5 Å². The summed E-state index contributed by atoms with van der Waals surface area (Å²) in [5.74, 6) is 6.96. The van der Waals surface area contributed by atoms with Crippen LogP contribution in [0.2, 0.25) is 0 Å². The molecule has 2 amide bonds. The van der Waals surface area contributed by atoms with Crippen LogP contribution in [-0.2, 0) is 4.79 Å². The van der Waals surface area contributed by atoms with Crippen LogP contribution in [0.4, 0.5) is 16.6 Å². The highest BCUT2D eigenvalue weighted by Gasteiger charge is 2.28. The molecular weight excluding hydrogens is 635 g/mol. The van der Waals surface area contributed by atoms with Crippen molar-refractivity contribution in [1.29, 1.82) is 5.41 Å². The standard InChI is InChI=1S/C38H41N7O3S/c1-5-26-20-32(39)34-35(40-23-26)45(38(48)44(34)29-18-16-28(17-19-29)36(47)42-37-41-22-25(3)49-37)31-10-7-9-30(21-31)43(4)33(46)11-6-8-24(2)12-13-27-14-15-27/h7,9-10,16-19,21-24,26-27,39H,5,8,12-15,20H2,1-4H3,(H,41,42,47). The highest BCUT2D eigenvalue weighted by Crippen LogP contribution is 2.35. The molecule has 1 aliphatic heterocycles. The van der Waals surface area contributed by atoms with Gasteiger partial charge in [0.25, 0.3) is 5.91 Å². The monoisotopic (exact) mass is 675 g/mol. The molecule has 252 valence electrons. The third-order valence-corrected chi connectivity index (χ3v) is 9.96. The number of fused-ring (bicyclic) bond motifs is 1. The number of aryl methyl sites for hydroxylation is 1. The zero-order valence-electron chi connectivity index (χ0n) is 28.3. The van der Waals surface area contributed by atoms with Crippen LogP contribution in [0.3, 0.4) is 0 Å². The van der Waals surface area contributed by atoms with E-state index in [4.69, 9.17) is 10.4 Å². The van der Waals surface area contributed by atoms with Gasteiger partial charge in [0.1, 0.15) is 5.69 Å². The summed E-state index contributed by atoms with van der Waals surface area (Å²) in [6, 6.07) is 13.8. The third kappa shape index (κ3) is 7.65. The average molecular weight is 676 g/mol. The van der Waals surface area contributed by atoms with Crippen LogP contribution < -0.4 is 15.9 Å². The number of benzene rings is 2. The molecule has 1 aliphatic carbocycles. The molecule has 0 radical (unpaired) electrons. The average Bonchev–Trinajstić information content (AvgIpc) is 3.81. The lowest BCUT2D eigenvalue weighted by atomic mass is 10.00. The van der Waals surface area contributed by atoms with Crippen molar-refractivity contribution < 1.29 is 9.59 Å². The van der Waals surface area contributed by atoms with E-state index in [1.807, 2.05) is 20.1 Å². The van der Waals surface area contributed by atoms with Crippen molar-refractivity contribution in [1.82, 2.24) is 14.1 Å². The third-order valence-electron chi connectivity index (χ3n) is 9.13. The first kappa shape index (κ1) is 33.8. The number of imidazole rings is 1. The Kier molecular flexibility index (Phi) is 10.1. The van der Waals surface area contributed by atoms with Crippen molar-refractivity contribution in [3.05, 3.63) is 81.3 Å². The summed E-state index contributed by atoms with van der Waals surface area (Å²) in [6.07, 6.45) is 10.5. The van der Waals surface area contributed by atoms with Gasteiger partial charge in [0.05, 0.1) is 17.1 Å². The molecule has 0 bridgehead atoms. The normalized spacial score (nSPS) is 15.9. The van der Waals surface area contributed by atoms with E-state index >= 15 is 0 Å². The van der Waals surface area contributed by atoms with Crippen LogP contribution in [0.5, 0.6) is 0 Å². The molecule has 2 aromatic heterocycles. The van der Waals surface area contributed by atoms with E-state index in [2.05, 4.69) is 29.1 Å². The number of aromatic nitrogens is 3. The second-order valence-electron chi connectivity index (χ2n) is 13.0. The number of rotatable bonds is 10. The number of anilines is 2. The van der Waals surface area contributed by atoms with Crippen molar-refractivity contribution in [3.8, 4) is 23.2 Å². The number of hydrogen-bond acceptors (Lipinski definition) is 7. The maximum absolute atomic E-state index is 14.3. The first-order valence-corrected chi connectivity index (χ1v) is 17.7. The van der Waals surface area contributed by atoms with Gasteiger partial charge in [0.15, 0.2) is 10.9 Å². The fraction of sp³-hybridized carbons (Fsp3) is 0.368.